The third-order valence-corrected chi connectivity index (χ3v) is 6.35. The molecule has 0 spiro atoms. The number of amides is 1. The average molecular weight is 498 g/mol. The second-order valence-electron chi connectivity index (χ2n) is 7.72. The highest BCUT2D eigenvalue weighted by molar-refractivity contribution is 9.09. The van der Waals surface area contributed by atoms with Crippen LogP contribution in [0.25, 0.3) is 0 Å². The molecule has 1 aromatic carbocycles. The van der Waals surface area contributed by atoms with Crippen LogP contribution in [0.3, 0.4) is 0 Å². The molecule has 1 aliphatic rings. The lowest BCUT2D eigenvalue weighted by molar-refractivity contribution is 0.0950. The minimum Gasteiger partial charge on any atom is -0.348 e. The first-order chi connectivity index (χ1) is 15.6. The Hall–Kier alpha value is -2.84. The lowest BCUT2D eigenvalue weighted by Gasteiger charge is -2.29. The van der Waals surface area contributed by atoms with E-state index in [4.69, 9.17) is 0 Å². The molecule has 3 aromatic rings. The van der Waals surface area contributed by atoms with Crippen molar-refractivity contribution in [3.8, 4) is 0 Å². The Morgan fingerprint density at radius 2 is 2.00 bits per heavy atom. The smallest absolute Gasteiger partial charge is 0.253 e. The van der Waals surface area contributed by atoms with Crippen molar-refractivity contribution in [3.05, 3.63) is 89.6 Å². The molecular formula is C24H25BrFN5O. The van der Waals surface area contributed by atoms with Crippen LogP contribution in [0.2, 0.25) is 0 Å². The minimum atomic E-state index is -0.209. The standard InChI is InChI=1S/C24H25BrFN5O/c25-21-7-9-22(28-12-10-17-3-1-5-20(26)13-17)31(21)23-8-6-19(16-29-23)24(32)30-15-18-4-2-11-27-14-18/h1-6,8,11,13-14,16,21-22,28H,7,9-10,12,15H2,(H,30,32). The summed E-state index contributed by atoms with van der Waals surface area (Å²) in [7, 11) is 0. The summed E-state index contributed by atoms with van der Waals surface area (Å²) in [4.78, 5) is 23.4. The van der Waals surface area contributed by atoms with E-state index < -0.39 is 0 Å². The number of pyridine rings is 2. The molecule has 8 heteroatoms. The molecule has 0 bridgehead atoms. The van der Waals surface area contributed by atoms with Gasteiger partial charge in [-0.3, -0.25) is 15.1 Å². The summed E-state index contributed by atoms with van der Waals surface area (Å²) in [5.74, 6) is 0.421. The summed E-state index contributed by atoms with van der Waals surface area (Å²) >= 11 is 3.74. The predicted molar refractivity (Wildman–Crippen MR) is 126 cm³/mol. The molecule has 4 rings (SSSR count). The molecule has 0 aliphatic carbocycles. The molecule has 3 heterocycles. The molecule has 2 atom stereocenters. The zero-order valence-corrected chi connectivity index (χ0v) is 19.1. The lowest BCUT2D eigenvalue weighted by Crippen LogP contribution is -2.44. The van der Waals surface area contributed by atoms with Crippen molar-refractivity contribution in [2.45, 2.75) is 36.9 Å². The van der Waals surface area contributed by atoms with Gasteiger partial charge in [0.15, 0.2) is 0 Å². The fourth-order valence-electron chi connectivity index (χ4n) is 3.81. The largest absolute Gasteiger partial charge is 0.348 e. The monoisotopic (exact) mass is 497 g/mol. The summed E-state index contributed by atoms with van der Waals surface area (Å²) in [5.41, 5.74) is 2.42. The van der Waals surface area contributed by atoms with E-state index in [0.717, 1.165) is 42.8 Å². The number of halogens is 2. The summed E-state index contributed by atoms with van der Waals surface area (Å²) in [6, 6.07) is 14.1. The van der Waals surface area contributed by atoms with Crippen LogP contribution in [-0.2, 0) is 13.0 Å². The van der Waals surface area contributed by atoms with E-state index in [1.807, 2.05) is 24.3 Å². The minimum absolute atomic E-state index is 0.116. The van der Waals surface area contributed by atoms with Gasteiger partial charge in [0.05, 0.1) is 16.7 Å². The van der Waals surface area contributed by atoms with Crippen molar-refractivity contribution in [2.75, 3.05) is 11.4 Å². The summed E-state index contributed by atoms with van der Waals surface area (Å²) in [5, 5.41) is 6.44. The number of rotatable bonds is 8. The van der Waals surface area contributed by atoms with E-state index in [1.54, 1.807) is 36.8 Å². The van der Waals surface area contributed by atoms with Crippen LogP contribution in [0.4, 0.5) is 10.2 Å². The molecule has 2 unspecified atom stereocenters. The van der Waals surface area contributed by atoms with Crippen LogP contribution in [0.1, 0.15) is 34.3 Å². The van der Waals surface area contributed by atoms with Crippen molar-refractivity contribution >= 4 is 27.7 Å². The van der Waals surface area contributed by atoms with E-state index in [9.17, 15) is 9.18 Å². The molecule has 1 fully saturated rings. The van der Waals surface area contributed by atoms with Crippen LogP contribution in [0.15, 0.2) is 67.1 Å². The number of hydrogen-bond acceptors (Lipinski definition) is 5. The Labute approximate surface area is 195 Å². The van der Waals surface area contributed by atoms with E-state index in [0.29, 0.717) is 12.1 Å². The topological polar surface area (TPSA) is 70.2 Å². The Balaban J connectivity index is 1.34. The number of anilines is 1. The van der Waals surface area contributed by atoms with Gasteiger partial charge in [-0.15, -0.1) is 0 Å². The number of carbonyl (C=O) groups is 1. The second-order valence-corrected chi connectivity index (χ2v) is 8.77. The van der Waals surface area contributed by atoms with Gasteiger partial charge in [0.1, 0.15) is 11.6 Å². The number of nitrogens with one attached hydrogen (secondary N) is 2. The predicted octanol–water partition coefficient (Wildman–Crippen LogP) is 4.03. The first kappa shape index (κ1) is 22.4. The average Bonchev–Trinajstić information content (AvgIpc) is 3.18. The van der Waals surface area contributed by atoms with Gasteiger partial charge in [-0.05, 0) is 60.7 Å². The normalized spacial score (nSPS) is 18.0. The van der Waals surface area contributed by atoms with Gasteiger partial charge in [0.2, 0.25) is 0 Å². The molecule has 6 nitrogen and oxygen atoms in total. The van der Waals surface area contributed by atoms with E-state index in [-0.39, 0.29) is 22.8 Å². The van der Waals surface area contributed by atoms with Gasteiger partial charge in [-0.2, -0.15) is 0 Å². The highest BCUT2D eigenvalue weighted by atomic mass is 79.9. The quantitative estimate of drug-likeness (QED) is 0.363. The van der Waals surface area contributed by atoms with Gasteiger partial charge in [-0.25, -0.2) is 9.37 Å². The van der Waals surface area contributed by atoms with Crippen LogP contribution in [0.5, 0.6) is 0 Å². The molecule has 2 aromatic heterocycles. The van der Waals surface area contributed by atoms with Crippen molar-refractivity contribution in [3.63, 3.8) is 0 Å². The van der Waals surface area contributed by atoms with Crippen LogP contribution in [0, 0.1) is 5.82 Å². The first-order valence-corrected chi connectivity index (χ1v) is 11.5. The Morgan fingerprint density at radius 1 is 1.12 bits per heavy atom. The number of carbonyl (C=O) groups excluding carboxylic acids is 1. The summed E-state index contributed by atoms with van der Waals surface area (Å²) in [6.45, 7) is 1.15. The van der Waals surface area contributed by atoms with E-state index >= 15 is 0 Å². The zero-order chi connectivity index (χ0) is 22.3. The number of nitrogens with zero attached hydrogens (tertiary/aromatic N) is 3. The molecule has 2 N–H and O–H groups in total. The van der Waals surface area contributed by atoms with Gasteiger partial charge in [-0.1, -0.05) is 34.1 Å². The molecule has 1 saturated heterocycles. The van der Waals surface area contributed by atoms with Crippen molar-refractivity contribution in [1.82, 2.24) is 20.6 Å². The summed E-state index contributed by atoms with van der Waals surface area (Å²) in [6.07, 6.45) is 7.85. The Kier molecular flexibility index (Phi) is 7.44. The summed E-state index contributed by atoms with van der Waals surface area (Å²) < 4.78 is 13.4. The van der Waals surface area contributed by atoms with E-state index in [1.165, 1.54) is 6.07 Å². The fraction of sp³-hybridized carbons (Fsp3) is 0.292. The molecule has 32 heavy (non-hydrogen) atoms. The van der Waals surface area contributed by atoms with Gasteiger partial charge >= 0.3 is 0 Å². The maximum Gasteiger partial charge on any atom is 0.253 e. The Morgan fingerprint density at radius 3 is 2.75 bits per heavy atom. The number of alkyl halides is 1. The molecule has 0 radical (unpaired) electrons. The molecular weight excluding hydrogens is 473 g/mol. The molecule has 166 valence electrons. The molecule has 1 amide bonds. The van der Waals surface area contributed by atoms with Crippen molar-refractivity contribution in [1.29, 1.82) is 0 Å². The molecule has 0 saturated carbocycles. The highest BCUT2D eigenvalue weighted by Crippen LogP contribution is 2.31. The van der Waals surface area contributed by atoms with E-state index in [2.05, 4.69) is 41.4 Å². The maximum atomic E-state index is 13.4. The zero-order valence-electron chi connectivity index (χ0n) is 17.5. The van der Waals surface area contributed by atoms with Crippen LogP contribution in [-0.4, -0.2) is 33.5 Å². The highest BCUT2D eigenvalue weighted by Gasteiger charge is 2.32. The van der Waals surface area contributed by atoms with Crippen molar-refractivity contribution < 1.29 is 9.18 Å². The fourth-order valence-corrected chi connectivity index (χ4v) is 4.57. The van der Waals surface area contributed by atoms with Gasteiger partial charge in [0, 0.05) is 31.7 Å². The van der Waals surface area contributed by atoms with Crippen LogP contribution >= 0.6 is 15.9 Å². The number of aromatic nitrogens is 2. The third kappa shape index (κ3) is 5.69. The second kappa shape index (κ2) is 10.7. The van der Waals surface area contributed by atoms with Crippen molar-refractivity contribution in [2.24, 2.45) is 0 Å². The van der Waals surface area contributed by atoms with Crippen LogP contribution < -0.4 is 15.5 Å². The molecule has 1 aliphatic heterocycles. The van der Waals surface area contributed by atoms with Gasteiger partial charge in [0.25, 0.3) is 5.91 Å². The van der Waals surface area contributed by atoms with Gasteiger partial charge < -0.3 is 10.2 Å². The first-order valence-electron chi connectivity index (χ1n) is 10.6. The Bertz CT molecular complexity index is 1030. The SMILES string of the molecule is O=C(NCc1cccnc1)c1ccc(N2C(Br)CCC2NCCc2cccc(F)c2)nc1. The number of hydrogen-bond donors (Lipinski definition) is 2. The maximum absolute atomic E-state index is 13.4. The lowest BCUT2D eigenvalue weighted by atomic mass is 10.1. The third-order valence-electron chi connectivity index (χ3n) is 5.45. The number of benzene rings is 1.